The summed E-state index contributed by atoms with van der Waals surface area (Å²) >= 11 is 0. The van der Waals surface area contributed by atoms with Gasteiger partial charge in [-0.05, 0) is 158 Å². The Morgan fingerprint density at radius 1 is 0.367 bits per heavy atom. The van der Waals surface area contributed by atoms with Crippen LogP contribution in [-0.4, -0.2) is 246 Å². The Bertz CT molecular complexity index is 4040. The summed E-state index contributed by atoms with van der Waals surface area (Å²) < 4.78 is 0. The van der Waals surface area contributed by atoms with Crippen LogP contribution in [-0.2, 0) is 87.9 Å². The van der Waals surface area contributed by atoms with Crippen LogP contribution in [0.3, 0.4) is 0 Å². The number of nitrogens with one attached hydrogen (secondary N) is 15. The van der Waals surface area contributed by atoms with Crippen LogP contribution in [0.1, 0.15) is 204 Å². The summed E-state index contributed by atoms with van der Waals surface area (Å²) in [6, 6.07) is -13.2. The van der Waals surface area contributed by atoms with E-state index in [1.165, 1.54) is 6.92 Å². The van der Waals surface area contributed by atoms with Crippen molar-refractivity contribution in [2.75, 3.05) is 39.3 Å². The van der Waals surface area contributed by atoms with E-state index in [1.54, 1.807) is 72.0 Å². The molecule has 0 saturated carbocycles. The van der Waals surface area contributed by atoms with Gasteiger partial charge in [0.05, 0.1) is 13.2 Å². The van der Waals surface area contributed by atoms with E-state index < -0.39 is 216 Å². The molecule has 17 amide bonds. The zero-order valence-electron chi connectivity index (χ0n) is 75.8. The van der Waals surface area contributed by atoms with E-state index in [0.29, 0.717) is 29.3 Å². The summed E-state index contributed by atoms with van der Waals surface area (Å²) in [4.78, 5) is 248. The highest BCUT2D eigenvalue weighted by atomic mass is 16.3. The number of rotatable bonds is 64. The molecule has 2 rings (SSSR count). The Balaban J connectivity index is 2.68. The normalized spacial score (nSPS) is 15.0. The van der Waals surface area contributed by atoms with E-state index in [2.05, 4.69) is 89.4 Å². The van der Waals surface area contributed by atoms with Crippen LogP contribution in [0.5, 0.6) is 0 Å². The van der Waals surface area contributed by atoms with Crippen molar-refractivity contribution in [3.8, 4) is 0 Å². The lowest BCUT2D eigenvalue weighted by atomic mass is 9.96. The van der Waals surface area contributed by atoms with Crippen molar-refractivity contribution in [3.05, 3.63) is 36.0 Å². The predicted molar refractivity (Wildman–Crippen MR) is 480 cm³/mol. The molecule has 0 aliphatic carbocycles. The fourth-order valence-corrected chi connectivity index (χ4v) is 13.5. The van der Waals surface area contributed by atoms with Gasteiger partial charge in [0, 0.05) is 49.5 Å². The molecule has 0 aliphatic rings. The maximum absolute atomic E-state index is 15.2. The van der Waals surface area contributed by atoms with Crippen LogP contribution >= 0.6 is 0 Å². The number of primary amides is 3. The smallest absolute Gasteiger partial charge is 0.245 e. The fraction of sp³-hybridized carbons (Fsp3) is 0.675. The number of hydrogen-bond acceptors (Lipinski definition) is 23. The number of amides is 17. The van der Waals surface area contributed by atoms with E-state index in [-0.39, 0.29) is 165 Å². The Morgan fingerprint density at radius 2 is 0.695 bits per heavy atom. The number of para-hydroxylation sites is 1. The van der Waals surface area contributed by atoms with Crippen LogP contribution in [0.2, 0.25) is 0 Å². The number of H-pyrrole nitrogens is 1. The van der Waals surface area contributed by atoms with Crippen molar-refractivity contribution in [1.29, 1.82) is 0 Å². The average Bonchev–Trinajstić information content (AvgIpc) is 1.68. The molecule has 720 valence electrons. The Hall–Kier alpha value is -11.9. The van der Waals surface area contributed by atoms with Gasteiger partial charge in [-0.1, -0.05) is 100 Å². The molecular formula is C83H145N27O18. The second-order valence-corrected chi connectivity index (χ2v) is 33.4. The molecule has 0 spiro atoms. The number of benzene rings is 1. The van der Waals surface area contributed by atoms with Crippen LogP contribution in [0.15, 0.2) is 40.4 Å². The predicted octanol–water partition coefficient (Wildman–Crippen LogP) is -5.92. The van der Waals surface area contributed by atoms with Gasteiger partial charge < -0.3 is 142 Å². The monoisotopic (exact) mass is 1810 g/mol. The number of guanidine groups is 2. The molecule has 1 aromatic heterocycles. The molecule has 0 bridgehead atoms. The summed E-state index contributed by atoms with van der Waals surface area (Å²) in [5.74, 6) is -17.5. The van der Waals surface area contributed by atoms with Gasteiger partial charge in [-0.3, -0.25) is 91.5 Å². The van der Waals surface area contributed by atoms with Gasteiger partial charge in [0.25, 0.3) is 0 Å². The molecule has 16 atom stereocenters. The molecule has 45 heteroatoms. The minimum absolute atomic E-state index is 0.0234. The van der Waals surface area contributed by atoms with Crippen LogP contribution < -0.4 is 132 Å². The van der Waals surface area contributed by atoms with E-state index in [0.717, 1.165) is 0 Å². The van der Waals surface area contributed by atoms with Gasteiger partial charge in [-0.25, -0.2) is 0 Å². The second-order valence-electron chi connectivity index (χ2n) is 33.4. The van der Waals surface area contributed by atoms with Gasteiger partial charge in [0.2, 0.25) is 100 Å². The number of nitrogens with zero attached hydrogens (tertiary/aromatic N) is 2. The van der Waals surface area contributed by atoms with E-state index in [4.69, 9.17) is 57.3 Å². The number of aliphatic hydroxyl groups is 1. The lowest BCUT2D eigenvalue weighted by molar-refractivity contribution is -0.137. The summed E-state index contributed by atoms with van der Waals surface area (Å²) in [5.41, 5.74) is 57.1. The first kappa shape index (κ1) is 112. The number of nitrogens with two attached hydrogens (primary N) is 10. The maximum atomic E-state index is 15.2. The largest absolute Gasteiger partial charge is 0.394 e. The van der Waals surface area contributed by atoms with E-state index in [1.807, 2.05) is 27.7 Å². The molecular weight excluding hydrogens is 1660 g/mol. The van der Waals surface area contributed by atoms with Gasteiger partial charge in [0.1, 0.15) is 84.6 Å². The topological polar surface area (TPSA) is 780 Å². The van der Waals surface area contributed by atoms with Crippen molar-refractivity contribution in [1.82, 2.24) is 79.4 Å². The third-order valence-electron chi connectivity index (χ3n) is 21.1. The van der Waals surface area contributed by atoms with Crippen molar-refractivity contribution in [3.63, 3.8) is 0 Å². The molecule has 1 aromatic carbocycles. The summed E-state index contributed by atoms with van der Waals surface area (Å²) in [6.45, 7) is 17.7. The quantitative estimate of drug-likeness (QED) is 0.0167. The SMILES string of the molecule is CC[C@H](C)[C@H](NC(=O)[C@H](CC(C)C)NC(=O)[C@H](C)NC(=O)[C@H](CC(C)C)NC(=O)[C@H](CC(C)C)NC(=O)CN)C(=O)N[C@@H](CO)C(=O)N[C@@H](Cc1c[nH]c2ccccc12)C(=O)N[C@H](C(=O)N[C@@H](CCCCN)C(=O)N[C@@H](CCCN=C(N)N)C(=O)N[C@@H](CCCCN)C(=O)N[C@@H](CCCN=C(N)N)C(=O)N[C@@H](CCC(N)=O)C(=O)N[C@@H](CCC(N)=O)C(N)=O)[C@@H](C)CC. The third kappa shape index (κ3) is 42.2. The minimum Gasteiger partial charge on any atom is -0.394 e. The van der Waals surface area contributed by atoms with Gasteiger partial charge in [0.15, 0.2) is 11.9 Å². The lowest BCUT2D eigenvalue weighted by Gasteiger charge is -2.30. The number of aromatic amines is 1. The fourth-order valence-electron chi connectivity index (χ4n) is 13.5. The zero-order valence-corrected chi connectivity index (χ0v) is 75.8. The Morgan fingerprint density at radius 3 is 1.09 bits per heavy atom. The molecule has 0 saturated heterocycles. The van der Waals surface area contributed by atoms with Crippen LogP contribution in [0.4, 0.5) is 0 Å². The molecule has 36 N–H and O–H groups in total. The zero-order chi connectivity index (χ0) is 96.6. The van der Waals surface area contributed by atoms with Crippen molar-refractivity contribution in [2.24, 2.45) is 96.9 Å². The first-order valence-corrected chi connectivity index (χ1v) is 43.8. The van der Waals surface area contributed by atoms with Gasteiger partial charge in [-0.15, -0.1) is 0 Å². The molecule has 0 fully saturated rings. The maximum Gasteiger partial charge on any atom is 0.245 e. The van der Waals surface area contributed by atoms with E-state index in [9.17, 15) is 77.0 Å². The highest BCUT2D eigenvalue weighted by Gasteiger charge is 2.40. The molecule has 0 unspecified atom stereocenters. The van der Waals surface area contributed by atoms with Crippen molar-refractivity contribution < 1.29 is 86.6 Å². The number of fused-ring (bicyclic) bond motifs is 1. The van der Waals surface area contributed by atoms with Crippen molar-refractivity contribution in [2.45, 2.75) is 289 Å². The second kappa shape index (κ2) is 59.2. The Labute approximate surface area is 747 Å². The van der Waals surface area contributed by atoms with Gasteiger partial charge in [-0.2, -0.15) is 0 Å². The molecule has 2 aromatic rings. The summed E-state index contributed by atoms with van der Waals surface area (Å²) in [6.07, 6.45) is 1.15. The van der Waals surface area contributed by atoms with Crippen molar-refractivity contribution >= 4 is 123 Å². The third-order valence-corrected chi connectivity index (χ3v) is 21.1. The first-order chi connectivity index (χ1) is 60.3. The minimum atomic E-state index is -1.81. The number of hydrogen-bond donors (Lipinski definition) is 26. The number of aliphatic imine (C=N–C) groups is 2. The summed E-state index contributed by atoms with van der Waals surface area (Å²) in [5, 5.41) is 48.4. The number of aliphatic hydroxyl groups excluding tert-OH is 1. The van der Waals surface area contributed by atoms with Crippen LogP contribution in [0, 0.1) is 29.6 Å². The lowest BCUT2D eigenvalue weighted by Crippen LogP contribution is -2.62. The molecule has 0 radical (unpaired) electrons. The van der Waals surface area contributed by atoms with E-state index >= 15 is 9.59 Å². The molecule has 0 aliphatic heterocycles. The Kier molecular flexibility index (Phi) is 51.9. The van der Waals surface area contributed by atoms with Crippen LogP contribution in [0.25, 0.3) is 10.9 Å². The number of carbonyl (C=O) groups excluding carboxylic acids is 17. The first-order valence-electron chi connectivity index (χ1n) is 43.8. The standard InChI is InChI=1S/C83H145N27O18/c1-12-46(9)66(80(127)104-54(25-17-19-33-85)71(118)102-55(26-20-34-94-82(90)91)72(119)100-53(24-16-18-32-84)70(117)101-56(27-21-35-95-83(92)93)73(120)103-57(29-31-64(88)113)74(121)99-52(68(89)115)28-30-63(87)112)110-78(125)61(39-49-41-96-51-23-15-14-22-50(49)51)107-79(126)62(42-111)108-81(128)67(47(10)13-2)109-77(124)60(38-45(7)8)105-69(116)48(11)97-75(122)59(37-44(5)6)106-76(123)58(36-43(3)4)98-65(114)40-86/h14-15,22-23,41,43-48,52-62,66-67,96,111H,12-13,16-21,24-40,42,84-86H2,1-11H3,(H2,87,112)(H2,88,113)(H2,89,115)(H,97,122)(H,98,114)(H,99,121)(H,100,119)(H,101,117)(H,102,118)(H,103,120)(H,104,127)(H,105,116)(H,106,123)(H,107,126)(H,108,128)(H,109,124)(H,110,125)(H4,90,91,94)(H4,92,93,95)/t46-,47-,48-,52-,53-,54-,55-,56-,57-,58-,59-,60-,61-,62-,66-,67-/m0/s1. The average molecular weight is 1810 g/mol. The molecule has 128 heavy (non-hydrogen) atoms. The van der Waals surface area contributed by atoms with Gasteiger partial charge >= 0.3 is 0 Å². The number of aromatic nitrogens is 1. The number of unbranched alkanes of at least 4 members (excludes halogenated alkanes) is 2. The highest BCUT2D eigenvalue weighted by molar-refractivity contribution is 6.01. The highest BCUT2D eigenvalue weighted by Crippen LogP contribution is 2.22. The summed E-state index contributed by atoms with van der Waals surface area (Å²) in [7, 11) is 0. The molecule has 1 heterocycles. The number of carbonyl (C=O) groups is 17. The molecule has 45 nitrogen and oxygen atoms in total.